The Morgan fingerprint density at radius 2 is 1.90 bits per heavy atom. The Labute approximate surface area is 121 Å². The molecule has 1 heterocycles. The van der Waals surface area contributed by atoms with Crippen molar-refractivity contribution in [1.29, 1.82) is 0 Å². The molecule has 2 aromatic rings. The van der Waals surface area contributed by atoms with Gasteiger partial charge in [-0.25, -0.2) is 0 Å². The summed E-state index contributed by atoms with van der Waals surface area (Å²) in [7, 11) is 0. The topological polar surface area (TPSA) is 77.1 Å². The summed E-state index contributed by atoms with van der Waals surface area (Å²) in [6, 6.07) is 8.90. The van der Waals surface area contributed by atoms with E-state index in [9.17, 15) is 9.59 Å². The van der Waals surface area contributed by atoms with Gasteiger partial charge in [-0.2, -0.15) is 0 Å². The third-order valence-corrected chi connectivity index (χ3v) is 3.12. The molecule has 0 saturated heterocycles. The zero-order valence-electron chi connectivity index (χ0n) is 10.8. The lowest BCUT2D eigenvalue weighted by Crippen LogP contribution is -2.31. The normalized spacial score (nSPS) is 11.9. The molecule has 5 nitrogen and oxygen atoms in total. The van der Waals surface area contributed by atoms with Crippen LogP contribution in [0.4, 0.5) is 11.4 Å². The zero-order valence-corrected chi connectivity index (χ0v) is 11.6. The summed E-state index contributed by atoms with van der Waals surface area (Å²) in [5.41, 5.74) is 6.39. The highest BCUT2D eigenvalue weighted by Gasteiger charge is 2.16. The maximum absolute atomic E-state index is 12.1. The van der Waals surface area contributed by atoms with Crippen LogP contribution < -0.4 is 16.6 Å². The molecule has 2 rings (SSSR count). The Hall–Kier alpha value is -2.27. The van der Waals surface area contributed by atoms with Crippen molar-refractivity contribution in [1.82, 2.24) is 4.57 Å². The fourth-order valence-electron chi connectivity index (χ4n) is 1.73. The number of nitrogens with zero attached hydrogens (tertiary/aromatic N) is 1. The van der Waals surface area contributed by atoms with Gasteiger partial charge in [-0.05, 0) is 37.3 Å². The fraction of sp³-hybridized carbons (Fsp3) is 0.143. The van der Waals surface area contributed by atoms with Crippen molar-refractivity contribution in [3.05, 3.63) is 58.0 Å². The number of benzene rings is 1. The highest BCUT2D eigenvalue weighted by molar-refractivity contribution is 6.30. The molecule has 0 saturated carbocycles. The molecule has 1 unspecified atom stereocenters. The molecule has 0 fully saturated rings. The summed E-state index contributed by atoms with van der Waals surface area (Å²) in [5.74, 6) is -0.306. The van der Waals surface area contributed by atoms with Crippen LogP contribution in [-0.4, -0.2) is 10.5 Å². The van der Waals surface area contributed by atoms with Crippen molar-refractivity contribution in [2.75, 3.05) is 11.1 Å². The van der Waals surface area contributed by atoms with E-state index in [1.807, 2.05) is 0 Å². The molecule has 1 atom stereocenters. The highest BCUT2D eigenvalue weighted by Crippen LogP contribution is 2.15. The maximum Gasteiger partial charge on any atom is 0.251 e. The van der Waals surface area contributed by atoms with E-state index in [1.54, 1.807) is 31.2 Å². The number of anilines is 2. The molecular weight excluding hydrogens is 278 g/mol. The number of carbonyl (C=O) groups is 1. The lowest BCUT2D eigenvalue weighted by Gasteiger charge is -2.15. The number of amides is 1. The zero-order chi connectivity index (χ0) is 14.7. The lowest BCUT2D eigenvalue weighted by molar-refractivity contribution is -0.118. The van der Waals surface area contributed by atoms with E-state index < -0.39 is 6.04 Å². The monoisotopic (exact) mass is 291 g/mol. The molecule has 1 aromatic heterocycles. The second-order valence-electron chi connectivity index (χ2n) is 4.38. The molecule has 0 aliphatic carbocycles. The number of rotatable bonds is 3. The fourth-order valence-corrected chi connectivity index (χ4v) is 1.86. The minimum Gasteiger partial charge on any atom is -0.398 e. The third-order valence-electron chi connectivity index (χ3n) is 2.87. The molecule has 104 valence electrons. The van der Waals surface area contributed by atoms with Gasteiger partial charge in [0, 0.05) is 28.7 Å². The molecule has 20 heavy (non-hydrogen) atoms. The van der Waals surface area contributed by atoms with Crippen LogP contribution in [0.15, 0.2) is 47.4 Å². The first kappa shape index (κ1) is 14.1. The number of nitrogens with two attached hydrogens (primary N) is 1. The average molecular weight is 292 g/mol. The second kappa shape index (κ2) is 5.79. The summed E-state index contributed by atoms with van der Waals surface area (Å²) in [6.07, 6.45) is 1.45. The van der Waals surface area contributed by atoms with E-state index in [0.717, 1.165) is 0 Å². The van der Waals surface area contributed by atoms with Gasteiger partial charge < -0.3 is 15.6 Å². The smallest absolute Gasteiger partial charge is 0.251 e. The van der Waals surface area contributed by atoms with Crippen LogP contribution in [0, 0.1) is 0 Å². The number of hydrogen-bond acceptors (Lipinski definition) is 3. The predicted octanol–water partition coefficient (Wildman–Crippen LogP) is 2.28. The minimum atomic E-state index is -0.665. The Morgan fingerprint density at radius 3 is 2.55 bits per heavy atom. The first-order valence-electron chi connectivity index (χ1n) is 6.01. The van der Waals surface area contributed by atoms with Crippen molar-refractivity contribution < 1.29 is 4.79 Å². The summed E-state index contributed by atoms with van der Waals surface area (Å²) in [6.45, 7) is 1.63. The van der Waals surface area contributed by atoms with Crippen LogP contribution in [0.1, 0.15) is 13.0 Å². The molecule has 0 aliphatic rings. The van der Waals surface area contributed by atoms with Crippen molar-refractivity contribution in [2.45, 2.75) is 13.0 Å². The van der Waals surface area contributed by atoms with Gasteiger partial charge in [0.2, 0.25) is 5.91 Å². The van der Waals surface area contributed by atoms with E-state index >= 15 is 0 Å². The molecule has 1 amide bonds. The van der Waals surface area contributed by atoms with Crippen LogP contribution in [-0.2, 0) is 4.79 Å². The molecule has 1 aromatic carbocycles. The van der Waals surface area contributed by atoms with Gasteiger partial charge in [-0.15, -0.1) is 0 Å². The first-order valence-corrected chi connectivity index (χ1v) is 6.39. The Balaban J connectivity index is 2.18. The summed E-state index contributed by atoms with van der Waals surface area (Å²) in [5, 5.41) is 3.30. The van der Waals surface area contributed by atoms with Gasteiger partial charge in [-0.1, -0.05) is 11.6 Å². The van der Waals surface area contributed by atoms with Gasteiger partial charge in [0.25, 0.3) is 5.56 Å². The van der Waals surface area contributed by atoms with E-state index in [-0.39, 0.29) is 11.5 Å². The molecule has 0 radical (unpaired) electrons. The van der Waals surface area contributed by atoms with E-state index in [4.69, 9.17) is 17.3 Å². The molecule has 3 N–H and O–H groups in total. The number of hydrogen-bond donors (Lipinski definition) is 2. The SMILES string of the molecule is CC(C(=O)Nc1ccc(Cl)cc1)n1cc(N)ccc1=O. The summed E-state index contributed by atoms with van der Waals surface area (Å²) in [4.78, 5) is 23.8. The van der Waals surface area contributed by atoms with Crippen molar-refractivity contribution in [3.8, 4) is 0 Å². The second-order valence-corrected chi connectivity index (χ2v) is 4.82. The van der Waals surface area contributed by atoms with Gasteiger partial charge in [-0.3, -0.25) is 9.59 Å². The van der Waals surface area contributed by atoms with Crippen LogP contribution in [0.3, 0.4) is 0 Å². The third kappa shape index (κ3) is 3.19. The predicted molar refractivity (Wildman–Crippen MR) is 79.9 cm³/mol. The number of aromatic nitrogens is 1. The quantitative estimate of drug-likeness (QED) is 0.911. The van der Waals surface area contributed by atoms with Crippen LogP contribution in [0.25, 0.3) is 0 Å². The van der Waals surface area contributed by atoms with Gasteiger partial charge in [0.05, 0.1) is 0 Å². The Bertz CT molecular complexity index is 680. The number of halogens is 1. The van der Waals surface area contributed by atoms with E-state index in [0.29, 0.717) is 16.4 Å². The number of pyridine rings is 1. The minimum absolute atomic E-state index is 0.280. The van der Waals surface area contributed by atoms with Gasteiger partial charge in [0.15, 0.2) is 0 Å². The number of nitrogen functional groups attached to an aromatic ring is 1. The molecule has 6 heteroatoms. The van der Waals surface area contributed by atoms with Crippen LogP contribution >= 0.6 is 11.6 Å². The van der Waals surface area contributed by atoms with Crippen LogP contribution in [0.5, 0.6) is 0 Å². The van der Waals surface area contributed by atoms with E-state index in [1.165, 1.54) is 22.9 Å². The Kier molecular flexibility index (Phi) is 4.10. The molecule has 0 aliphatic heterocycles. The van der Waals surface area contributed by atoms with Gasteiger partial charge in [0.1, 0.15) is 6.04 Å². The van der Waals surface area contributed by atoms with Crippen molar-refractivity contribution in [3.63, 3.8) is 0 Å². The molecule has 0 spiro atoms. The van der Waals surface area contributed by atoms with Crippen LogP contribution in [0.2, 0.25) is 5.02 Å². The first-order chi connectivity index (χ1) is 9.47. The van der Waals surface area contributed by atoms with Gasteiger partial charge >= 0.3 is 0 Å². The summed E-state index contributed by atoms with van der Waals surface area (Å²) >= 11 is 5.77. The van der Waals surface area contributed by atoms with E-state index in [2.05, 4.69) is 5.32 Å². The summed E-state index contributed by atoms with van der Waals surface area (Å²) < 4.78 is 1.29. The number of nitrogens with one attached hydrogen (secondary N) is 1. The maximum atomic E-state index is 12.1. The Morgan fingerprint density at radius 1 is 1.25 bits per heavy atom. The highest BCUT2D eigenvalue weighted by atomic mass is 35.5. The number of carbonyl (C=O) groups excluding carboxylic acids is 1. The lowest BCUT2D eigenvalue weighted by atomic mass is 10.2. The molecule has 0 bridgehead atoms. The van der Waals surface area contributed by atoms with Crippen molar-refractivity contribution >= 4 is 28.9 Å². The standard InChI is InChI=1S/C14H14ClN3O2/c1-9(18-8-11(16)4-7-13(18)19)14(20)17-12-5-2-10(15)3-6-12/h2-9H,16H2,1H3,(H,17,20). The largest absolute Gasteiger partial charge is 0.398 e. The molecular formula is C14H14ClN3O2. The average Bonchev–Trinajstić information content (AvgIpc) is 2.43. The van der Waals surface area contributed by atoms with Crippen molar-refractivity contribution in [2.24, 2.45) is 0 Å².